The molecule has 1 aromatic carbocycles. The first kappa shape index (κ1) is 16.4. The van der Waals surface area contributed by atoms with E-state index in [9.17, 15) is 5.11 Å². The highest BCUT2D eigenvalue weighted by molar-refractivity contribution is 5.65. The molecule has 0 aromatic heterocycles. The van der Waals surface area contributed by atoms with Crippen molar-refractivity contribution in [2.45, 2.75) is 19.4 Å². The molecule has 2 aliphatic heterocycles. The fourth-order valence-electron chi connectivity index (χ4n) is 2.74. The molecule has 4 N–H and O–H groups in total. The van der Waals surface area contributed by atoms with Gasteiger partial charge in [0.1, 0.15) is 0 Å². The monoisotopic (exact) mass is 327 g/mol. The van der Waals surface area contributed by atoms with Crippen LogP contribution in [-0.4, -0.2) is 31.9 Å². The summed E-state index contributed by atoms with van der Waals surface area (Å²) < 4.78 is 0. The molecule has 0 saturated heterocycles. The van der Waals surface area contributed by atoms with E-state index in [1.807, 2.05) is 39.4 Å². The molecule has 0 spiro atoms. The highest BCUT2D eigenvalue weighted by atomic mass is 16.3. The van der Waals surface area contributed by atoms with Crippen molar-refractivity contribution in [3.63, 3.8) is 0 Å². The van der Waals surface area contributed by atoms with Gasteiger partial charge in [-0.1, -0.05) is 25.5 Å². The van der Waals surface area contributed by atoms with Crippen LogP contribution < -0.4 is 20.5 Å². The molecule has 2 heterocycles. The molecule has 0 amide bonds. The standard InChI is InChI=1S/C18H25N5O/c1-4-14(12-24)20-17-8-9-18-19-11-16(23(18)21-17)13-6-5-7-15(10-13)22(2)3/h5-11,14,19-20,23-24H,4,12H2,1-3H3. The number of hydrogen-bond acceptors (Lipinski definition) is 4. The Hall–Kier alpha value is -2.44. The van der Waals surface area contributed by atoms with Gasteiger partial charge in [-0.15, -0.1) is 0 Å². The molecule has 0 saturated carbocycles. The summed E-state index contributed by atoms with van der Waals surface area (Å²) in [4.78, 5) is 2.09. The van der Waals surface area contributed by atoms with Gasteiger partial charge in [-0.3, -0.25) is 5.43 Å². The van der Waals surface area contributed by atoms with Gasteiger partial charge in [0, 0.05) is 38.0 Å². The Balaban J connectivity index is 1.79. The molecule has 0 fully saturated rings. The van der Waals surface area contributed by atoms with Crippen LogP contribution in [-0.2, 0) is 0 Å². The SMILES string of the molecule is CCC(CO)NC1=CC=C2NC=C(c3cccc(N(C)C)c3)[NH+]2[N-]1. The minimum Gasteiger partial charge on any atom is -0.473 e. The van der Waals surface area contributed by atoms with E-state index in [1.54, 1.807) is 0 Å². The maximum absolute atomic E-state index is 9.37. The van der Waals surface area contributed by atoms with Crippen molar-refractivity contribution in [3.8, 4) is 0 Å². The summed E-state index contributed by atoms with van der Waals surface area (Å²) in [6, 6.07) is 8.43. The number of hydrogen-bond donors (Lipinski definition) is 4. The van der Waals surface area contributed by atoms with Crippen molar-refractivity contribution in [2.75, 3.05) is 25.6 Å². The van der Waals surface area contributed by atoms with Gasteiger partial charge in [0.25, 0.3) is 0 Å². The van der Waals surface area contributed by atoms with Crippen molar-refractivity contribution in [1.82, 2.24) is 10.6 Å². The first-order chi connectivity index (χ1) is 11.6. The lowest BCUT2D eigenvalue weighted by Crippen LogP contribution is -3.03. The zero-order chi connectivity index (χ0) is 17.1. The molecule has 6 heteroatoms. The van der Waals surface area contributed by atoms with E-state index in [2.05, 4.69) is 39.8 Å². The maximum Gasteiger partial charge on any atom is 0.219 e. The molecule has 0 radical (unpaired) electrons. The predicted molar refractivity (Wildman–Crippen MR) is 96.7 cm³/mol. The molecule has 0 bridgehead atoms. The Morgan fingerprint density at radius 2 is 2.17 bits per heavy atom. The van der Waals surface area contributed by atoms with Gasteiger partial charge in [0.05, 0.1) is 6.20 Å². The zero-order valence-corrected chi connectivity index (χ0v) is 14.4. The van der Waals surface area contributed by atoms with Crippen LogP contribution in [0.1, 0.15) is 18.9 Å². The summed E-state index contributed by atoms with van der Waals surface area (Å²) in [6.07, 6.45) is 6.81. The molecule has 2 atom stereocenters. The summed E-state index contributed by atoms with van der Waals surface area (Å²) in [7, 11) is 4.07. The number of anilines is 1. The maximum atomic E-state index is 9.37. The van der Waals surface area contributed by atoms with Crippen LogP contribution in [0.5, 0.6) is 0 Å². The van der Waals surface area contributed by atoms with Gasteiger partial charge in [-0.2, -0.15) is 0 Å². The molecule has 0 aliphatic carbocycles. The van der Waals surface area contributed by atoms with E-state index in [-0.39, 0.29) is 12.6 Å². The van der Waals surface area contributed by atoms with Crippen LogP contribution in [0.4, 0.5) is 5.69 Å². The summed E-state index contributed by atoms with van der Waals surface area (Å²) >= 11 is 0. The fraction of sp³-hybridized carbons (Fsp3) is 0.333. The Bertz CT molecular complexity index is 688. The number of allylic oxidation sites excluding steroid dienone is 2. The summed E-state index contributed by atoms with van der Waals surface area (Å²) in [5.74, 6) is 1.79. The van der Waals surface area contributed by atoms with Crippen molar-refractivity contribution in [2.24, 2.45) is 0 Å². The predicted octanol–water partition coefficient (Wildman–Crippen LogP) is 0.885. The van der Waals surface area contributed by atoms with Gasteiger partial charge in [0.15, 0.2) is 5.70 Å². The Morgan fingerprint density at radius 1 is 1.33 bits per heavy atom. The van der Waals surface area contributed by atoms with E-state index in [1.165, 1.54) is 0 Å². The lowest BCUT2D eigenvalue weighted by molar-refractivity contribution is -0.736. The number of aliphatic hydroxyl groups excluding tert-OH is 1. The zero-order valence-electron chi connectivity index (χ0n) is 14.4. The first-order valence-electron chi connectivity index (χ1n) is 8.25. The minimum atomic E-state index is 0.0226. The van der Waals surface area contributed by atoms with Crippen LogP contribution in [0.25, 0.3) is 11.1 Å². The summed E-state index contributed by atoms with van der Waals surface area (Å²) in [5, 5.41) is 16.9. The number of fused-ring (bicyclic) bond motifs is 1. The minimum absolute atomic E-state index is 0.0226. The third-order valence-electron chi connectivity index (χ3n) is 4.26. The summed E-state index contributed by atoms with van der Waals surface area (Å²) in [6.45, 7) is 2.14. The third-order valence-corrected chi connectivity index (χ3v) is 4.26. The fourth-order valence-corrected chi connectivity index (χ4v) is 2.74. The number of nitrogens with one attached hydrogen (secondary N) is 3. The third kappa shape index (κ3) is 3.25. The summed E-state index contributed by atoms with van der Waals surface area (Å²) in [5.41, 5.74) is 8.12. The van der Waals surface area contributed by atoms with Crippen LogP contribution in [0.3, 0.4) is 0 Å². The van der Waals surface area contributed by atoms with Crippen LogP contribution >= 0.6 is 0 Å². The van der Waals surface area contributed by atoms with E-state index in [4.69, 9.17) is 5.43 Å². The van der Waals surface area contributed by atoms with Crippen LogP contribution in [0.2, 0.25) is 0 Å². The molecule has 24 heavy (non-hydrogen) atoms. The molecule has 3 rings (SSSR count). The second kappa shape index (κ2) is 6.98. The van der Waals surface area contributed by atoms with E-state index < -0.39 is 0 Å². The quantitative estimate of drug-likeness (QED) is 0.626. The number of benzene rings is 1. The van der Waals surface area contributed by atoms with Crippen LogP contribution in [0.15, 0.2) is 54.3 Å². The van der Waals surface area contributed by atoms with Crippen LogP contribution in [0, 0.1) is 0 Å². The van der Waals surface area contributed by atoms with E-state index >= 15 is 0 Å². The Kier molecular flexibility index (Phi) is 4.78. The van der Waals surface area contributed by atoms with E-state index in [0.717, 1.165) is 40.0 Å². The van der Waals surface area contributed by atoms with Crippen molar-refractivity contribution >= 4 is 11.4 Å². The molecular weight excluding hydrogens is 302 g/mol. The molecule has 6 nitrogen and oxygen atoms in total. The lowest BCUT2D eigenvalue weighted by Gasteiger charge is -2.32. The van der Waals surface area contributed by atoms with Gasteiger partial charge in [-0.25, -0.2) is 5.01 Å². The van der Waals surface area contributed by atoms with Crippen molar-refractivity contribution in [3.05, 3.63) is 65.2 Å². The van der Waals surface area contributed by atoms with Crippen molar-refractivity contribution in [1.29, 1.82) is 0 Å². The number of quaternary nitrogens is 1. The lowest BCUT2D eigenvalue weighted by atomic mass is 10.1. The average molecular weight is 327 g/mol. The average Bonchev–Trinajstić information content (AvgIpc) is 3.03. The number of rotatable bonds is 6. The Labute approximate surface area is 143 Å². The molecule has 2 aliphatic rings. The van der Waals surface area contributed by atoms with Gasteiger partial charge in [0.2, 0.25) is 5.82 Å². The van der Waals surface area contributed by atoms with Gasteiger partial charge in [-0.05, 0) is 30.1 Å². The van der Waals surface area contributed by atoms with Gasteiger partial charge >= 0.3 is 0 Å². The first-order valence-corrected chi connectivity index (χ1v) is 8.25. The molecule has 1 aromatic rings. The molecule has 2 unspecified atom stereocenters. The second-order valence-electron chi connectivity index (χ2n) is 6.17. The topological polar surface area (TPSA) is 66.1 Å². The highest BCUT2D eigenvalue weighted by Gasteiger charge is 2.28. The molecule has 128 valence electrons. The largest absolute Gasteiger partial charge is 0.473 e. The van der Waals surface area contributed by atoms with Crippen molar-refractivity contribution < 1.29 is 10.1 Å². The van der Waals surface area contributed by atoms with Gasteiger partial charge < -0.3 is 20.6 Å². The highest BCUT2D eigenvalue weighted by Crippen LogP contribution is 2.21. The normalized spacial score (nSPS) is 20.0. The molecular formula is C18H25N5O. The number of nitrogens with zero attached hydrogens (tertiary/aromatic N) is 2. The number of aliphatic hydroxyl groups is 1. The second-order valence-corrected chi connectivity index (χ2v) is 6.17. The van der Waals surface area contributed by atoms with E-state index in [0.29, 0.717) is 0 Å². The Morgan fingerprint density at radius 3 is 2.88 bits per heavy atom. The smallest absolute Gasteiger partial charge is 0.219 e.